The van der Waals surface area contributed by atoms with Crippen molar-refractivity contribution < 1.29 is 43.2 Å². The SMILES string of the molecule is COC(=O)c1cc2c([nH]1)-c1c(C(=O)OC)cc(C(=O)O)nc1C(=O)C21OCCCO1. The van der Waals surface area contributed by atoms with Crippen LogP contribution >= 0.6 is 0 Å². The van der Waals surface area contributed by atoms with Crippen LogP contribution < -0.4 is 0 Å². The topological polar surface area (TPSA) is 154 Å². The van der Waals surface area contributed by atoms with Crippen LogP contribution in [0.5, 0.6) is 0 Å². The average molecular weight is 416 g/mol. The van der Waals surface area contributed by atoms with Crippen molar-refractivity contribution in [2.75, 3.05) is 27.4 Å². The highest BCUT2D eigenvalue weighted by molar-refractivity contribution is 6.14. The second-order valence-electron chi connectivity index (χ2n) is 6.53. The van der Waals surface area contributed by atoms with Gasteiger partial charge >= 0.3 is 17.9 Å². The van der Waals surface area contributed by atoms with E-state index in [1.54, 1.807) is 0 Å². The third-order valence-corrected chi connectivity index (χ3v) is 4.88. The minimum atomic E-state index is -1.93. The van der Waals surface area contributed by atoms with Crippen LogP contribution in [-0.4, -0.2) is 66.2 Å². The summed E-state index contributed by atoms with van der Waals surface area (Å²) in [6, 6.07) is 2.35. The van der Waals surface area contributed by atoms with Crippen LogP contribution in [0.1, 0.15) is 53.8 Å². The van der Waals surface area contributed by atoms with E-state index in [0.717, 1.165) is 13.2 Å². The lowest BCUT2D eigenvalue weighted by atomic mass is 9.84. The first-order chi connectivity index (χ1) is 14.3. The van der Waals surface area contributed by atoms with Gasteiger partial charge in [-0.2, -0.15) is 0 Å². The van der Waals surface area contributed by atoms with Crippen molar-refractivity contribution in [1.82, 2.24) is 9.97 Å². The Balaban J connectivity index is 2.08. The van der Waals surface area contributed by atoms with Crippen molar-refractivity contribution in [3.05, 3.63) is 40.3 Å². The molecule has 0 atom stereocenters. The third-order valence-electron chi connectivity index (χ3n) is 4.88. The molecule has 156 valence electrons. The lowest BCUT2D eigenvalue weighted by Gasteiger charge is -2.38. The number of aromatic carboxylic acids is 1. The highest BCUT2D eigenvalue weighted by atomic mass is 16.7. The molecule has 0 aromatic carbocycles. The third kappa shape index (κ3) is 2.70. The van der Waals surface area contributed by atoms with Gasteiger partial charge in [-0.05, 0) is 18.6 Å². The fourth-order valence-electron chi connectivity index (χ4n) is 3.57. The summed E-state index contributed by atoms with van der Waals surface area (Å²) in [6.45, 7) is 0.365. The summed E-state index contributed by atoms with van der Waals surface area (Å²) < 4.78 is 20.9. The normalized spacial score (nSPS) is 16.5. The number of aromatic amines is 1. The Bertz CT molecular complexity index is 1100. The van der Waals surface area contributed by atoms with E-state index in [1.165, 1.54) is 13.2 Å². The van der Waals surface area contributed by atoms with E-state index in [2.05, 4.69) is 9.97 Å². The Morgan fingerprint density at radius 2 is 1.80 bits per heavy atom. The van der Waals surface area contributed by atoms with Gasteiger partial charge in [0.2, 0.25) is 5.78 Å². The number of Topliss-reactive ketones (excluding diaryl/α,β-unsaturated/α-hetero) is 1. The fourth-order valence-corrected chi connectivity index (χ4v) is 3.57. The molecule has 0 radical (unpaired) electrons. The maximum atomic E-state index is 13.5. The summed E-state index contributed by atoms with van der Waals surface area (Å²) in [4.78, 5) is 56.3. The number of fused-ring (bicyclic) bond motifs is 4. The molecule has 3 heterocycles. The highest BCUT2D eigenvalue weighted by Crippen LogP contribution is 2.47. The predicted octanol–water partition coefficient (Wildman–Crippen LogP) is 1.13. The number of carbonyl (C=O) groups is 4. The van der Waals surface area contributed by atoms with E-state index in [-0.39, 0.29) is 47.0 Å². The van der Waals surface area contributed by atoms with Gasteiger partial charge in [-0.15, -0.1) is 0 Å². The number of ether oxygens (including phenoxy) is 4. The lowest BCUT2D eigenvalue weighted by Crippen LogP contribution is -2.47. The maximum Gasteiger partial charge on any atom is 0.354 e. The van der Waals surface area contributed by atoms with Crippen LogP contribution in [0.3, 0.4) is 0 Å². The molecular weight excluding hydrogens is 400 g/mol. The molecule has 2 aromatic rings. The van der Waals surface area contributed by atoms with Gasteiger partial charge in [0.25, 0.3) is 5.79 Å². The quantitative estimate of drug-likeness (QED) is 0.696. The van der Waals surface area contributed by atoms with Gasteiger partial charge in [-0.1, -0.05) is 0 Å². The van der Waals surface area contributed by atoms with Crippen LogP contribution in [0.15, 0.2) is 12.1 Å². The van der Waals surface area contributed by atoms with Crippen LogP contribution in [0, 0.1) is 0 Å². The largest absolute Gasteiger partial charge is 0.477 e. The summed E-state index contributed by atoms with van der Waals surface area (Å²) >= 11 is 0. The summed E-state index contributed by atoms with van der Waals surface area (Å²) in [7, 11) is 2.30. The van der Waals surface area contributed by atoms with Gasteiger partial charge in [-0.25, -0.2) is 19.4 Å². The smallest absolute Gasteiger partial charge is 0.354 e. The van der Waals surface area contributed by atoms with Crippen molar-refractivity contribution >= 4 is 23.7 Å². The van der Waals surface area contributed by atoms with E-state index in [9.17, 15) is 24.3 Å². The van der Waals surface area contributed by atoms with Gasteiger partial charge < -0.3 is 29.0 Å². The summed E-state index contributed by atoms with van der Waals surface area (Å²) in [5, 5.41) is 9.40. The zero-order chi connectivity index (χ0) is 21.6. The van der Waals surface area contributed by atoms with E-state index < -0.39 is 35.2 Å². The molecule has 11 heteroatoms. The van der Waals surface area contributed by atoms with Crippen LogP contribution in [0.25, 0.3) is 11.3 Å². The zero-order valence-electron chi connectivity index (χ0n) is 15.9. The fraction of sp³-hybridized carbons (Fsp3) is 0.316. The molecule has 0 saturated carbocycles. The van der Waals surface area contributed by atoms with E-state index in [4.69, 9.17) is 18.9 Å². The standard InChI is InChI=1S/C19H16N2O9/c1-27-17(25)8-6-10(16(23)24)20-14-12(8)13-9(7-11(21-13)18(26)28-2)19(15(14)22)29-4-3-5-30-19/h6-7,21H,3-5H2,1-2H3,(H,23,24). The van der Waals surface area contributed by atoms with Crippen LogP contribution in [0.2, 0.25) is 0 Å². The van der Waals surface area contributed by atoms with E-state index in [1.807, 2.05) is 0 Å². The Hall–Kier alpha value is -3.57. The van der Waals surface area contributed by atoms with Crippen molar-refractivity contribution in [2.24, 2.45) is 0 Å². The van der Waals surface area contributed by atoms with Crippen LogP contribution in [-0.2, 0) is 24.7 Å². The van der Waals surface area contributed by atoms with Gasteiger partial charge in [0.15, 0.2) is 0 Å². The number of nitrogens with zero attached hydrogens (tertiary/aromatic N) is 1. The number of carbonyl (C=O) groups excluding carboxylic acids is 3. The summed E-state index contributed by atoms with van der Waals surface area (Å²) in [6.07, 6.45) is 0.529. The number of aromatic nitrogens is 2. The average Bonchev–Trinajstić information content (AvgIpc) is 3.22. The molecule has 30 heavy (non-hydrogen) atoms. The molecule has 1 aliphatic carbocycles. The number of carboxylic acid groups (broad SMARTS) is 1. The van der Waals surface area contributed by atoms with Gasteiger partial charge in [0.1, 0.15) is 17.1 Å². The number of pyridine rings is 1. The lowest BCUT2D eigenvalue weighted by molar-refractivity contribution is -0.240. The number of carboxylic acids is 1. The zero-order valence-corrected chi connectivity index (χ0v) is 15.9. The number of rotatable bonds is 3. The second-order valence-corrected chi connectivity index (χ2v) is 6.53. The first-order valence-electron chi connectivity index (χ1n) is 8.85. The van der Waals surface area contributed by atoms with Gasteiger partial charge in [-0.3, -0.25) is 4.79 Å². The van der Waals surface area contributed by atoms with Crippen molar-refractivity contribution in [3.8, 4) is 11.3 Å². The summed E-state index contributed by atoms with van der Waals surface area (Å²) in [5.74, 6) is -5.76. The Kier molecular flexibility index (Phi) is 4.63. The molecule has 0 amide bonds. The van der Waals surface area contributed by atoms with Gasteiger partial charge in [0, 0.05) is 11.1 Å². The molecular formula is C19H16N2O9. The number of methoxy groups -OCH3 is 2. The molecule has 2 N–H and O–H groups in total. The van der Waals surface area contributed by atoms with Crippen molar-refractivity contribution in [1.29, 1.82) is 0 Å². The molecule has 1 fully saturated rings. The minimum absolute atomic E-state index is 0.00889. The molecule has 1 aliphatic heterocycles. The first-order valence-corrected chi connectivity index (χ1v) is 8.85. The van der Waals surface area contributed by atoms with Crippen LogP contribution in [0.4, 0.5) is 0 Å². The van der Waals surface area contributed by atoms with Crippen molar-refractivity contribution in [3.63, 3.8) is 0 Å². The second kappa shape index (κ2) is 7.04. The Labute approximate surface area is 168 Å². The maximum absolute atomic E-state index is 13.5. The number of esters is 2. The molecule has 1 spiro atoms. The predicted molar refractivity (Wildman–Crippen MR) is 96.2 cm³/mol. The number of H-pyrrole nitrogens is 1. The number of nitrogens with one attached hydrogen (secondary N) is 1. The van der Waals surface area contributed by atoms with E-state index >= 15 is 0 Å². The summed E-state index contributed by atoms with van der Waals surface area (Å²) in [5.41, 5.74) is -0.797. The van der Waals surface area contributed by atoms with E-state index in [0.29, 0.717) is 6.42 Å². The molecule has 11 nitrogen and oxygen atoms in total. The minimum Gasteiger partial charge on any atom is -0.477 e. The highest BCUT2D eigenvalue weighted by Gasteiger charge is 2.53. The molecule has 2 aliphatic rings. The number of hydrogen-bond donors (Lipinski definition) is 2. The molecule has 1 saturated heterocycles. The van der Waals surface area contributed by atoms with Crippen molar-refractivity contribution in [2.45, 2.75) is 12.2 Å². The molecule has 4 rings (SSSR count). The van der Waals surface area contributed by atoms with Gasteiger partial charge in [0.05, 0.1) is 38.7 Å². The molecule has 2 aromatic heterocycles. The molecule has 0 unspecified atom stereocenters. The molecule has 0 bridgehead atoms. The number of hydrogen-bond acceptors (Lipinski definition) is 9. The Morgan fingerprint density at radius 1 is 1.13 bits per heavy atom. The first kappa shape index (κ1) is 19.7. The number of ketones is 1. The Morgan fingerprint density at radius 3 is 2.40 bits per heavy atom. The monoisotopic (exact) mass is 416 g/mol.